The van der Waals surface area contributed by atoms with Crippen LogP contribution in [0.1, 0.15) is 42.8 Å². The molecule has 0 aliphatic carbocycles. The molecule has 2 amide bonds. The van der Waals surface area contributed by atoms with Crippen LogP contribution >= 0.6 is 11.3 Å². The van der Waals surface area contributed by atoms with Crippen molar-refractivity contribution >= 4 is 29.1 Å². The van der Waals surface area contributed by atoms with Crippen LogP contribution in [0.2, 0.25) is 0 Å². The normalized spacial score (nSPS) is 16.6. The number of esters is 1. The van der Waals surface area contributed by atoms with Gasteiger partial charge in [0.2, 0.25) is 5.91 Å². The summed E-state index contributed by atoms with van der Waals surface area (Å²) in [5, 5.41) is 4.71. The summed E-state index contributed by atoms with van der Waals surface area (Å²) in [6.07, 6.45) is 1.77. The number of hydrogen-bond donors (Lipinski definition) is 1. The summed E-state index contributed by atoms with van der Waals surface area (Å²) in [5.74, 6) is -0.408. The molecule has 0 bridgehead atoms. The zero-order valence-electron chi connectivity index (χ0n) is 15.0. The number of likely N-dealkylation sites (tertiary alicyclic amines) is 1. The molecule has 138 valence electrons. The second kappa shape index (κ2) is 8.99. The fourth-order valence-electron chi connectivity index (χ4n) is 3.02. The highest BCUT2D eigenvalue weighted by Gasteiger charge is 2.31. The van der Waals surface area contributed by atoms with Gasteiger partial charge in [-0.05, 0) is 36.6 Å². The minimum absolute atomic E-state index is 0.0288. The Bertz CT molecular complexity index is 592. The molecule has 7 heteroatoms. The first-order valence-electron chi connectivity index (χ1n) is 8.63. The summed E-state index contributed by atoms with van der Waals surface area (Å²) in [5.41, 5.74) is 0. The van der Waals surface area contributed by atoms with Gasteiger partial charge >= 0.3 is 5.97 Å². The maximum absolute atomic E-state index is 12.5. The van der Waals surface area contributed by atoms with Gasteiger partial charge in [0.15, 0.2) is 0 Å². The Morgan fingerprint density at radius 1 is 1.32 bits per heavy atom. The summed E-state index contributed by atoms with van der Waals surface area (Å²) in [7, 11) is 1.33. The summed E-state index contributed by atoms with van der Waals surface area (Å²) >= 11 is 1.43. The first-order chi connectivity index (χ1) is 11.9. The van der Waals surface area contributed by atoms with Crippen LogP contribution in [0, 0.1) is 11.8 Å². The maximum atomic E-state index is 12.5. The minimum atomic E-state index is -0.608. The van der Waals surface area contributed by atoms with Crippen molar-refractivity contribution in [2.45, 2.75) is 39.2 Å². The Morgan fingerprint density at radius 3 is 2.52 bits per heavy atom. The molecule has 1 saturated heterocycles. The number of rotatable bonds is 6. The maximum Gasteiger partial charge on any atom is 0.328 e. The minimum Gasteiger partial charge on any atom is -0.467 e. The van der Waals surface area contributed by atoms with Gasteiger partial charge in [0, 0.05) is 19.0 Å². The zero-order chi connectivity index (χ0) is 18.4. The second-order valence-electron chi connectivity index (χ2n) is 6.76. The molecule has 25 heavy (non-hydrogen) atoms. The topological polar surface area (TPSA) is 75.7 Å². The summed E-state index contributed by atoms with van der Waals surface area (Å²) < 4.78 is 4.79. The highest BCUT2D eigenvalue weighted by Crippen LogP contribution is 2.21. The number of nitrogens with one attached hydrogen (secondary N) is 1. The lowest BCUT2D eigenvalue weighted by molar-refractivity contribution is -0.146. The number of amides is 2. The van der Waals surface area contributed by atoms with E-state index < -0.39 is 12.0 Å². The third-order valence-electron chi connectivity index (χ3n) is 4.39. The van der Waals surface area contributed by atoms with Crippen molar-refractivity contribution in [2.24, 2.45) is 11.8 Å². The van der Waals surface area contributed by atoms with E-state index >= 15 is 0 Å². The fourth-order valence-corrected chi connectivity index (χ4v) is 3.71. The highest BCUT2D eigenvalue weighted by atomic mass is 32.1. The smallest absolute Gasteiger partial charge is 0.328 e. The quantitative estimate of drug-likeness (QED) is 0.784. The van der Waals surface area contributed by atoms with E-state index in [2.05, 4.69) is 5.32 Å². The number of thiophene rings is 1. The first-order valence-corrected chi connectivity index (χ1v) is 9.51. The Morgan fingerprint density at radius 2 is 2.00 bits per heavy atom. The number of methoxy groups -OCH3 is 1. The monoisotopic (exact) mass is 366 g/mol. The Balaban J connectivity index is 1.87. The average Bonchev–Trinajstić information content (AvgIpc) is 3.14. The molecule has 2 rings (SSSR count). The van der Waals surface area contributed by atoms with Crippen LogP contribution in [0.3, 0.4) is 0 Å². The first kappa shape index (κ1) is 19.4. The van der Waals surface area contributed by atoms with Crippen LogP contribution in [0.15, 0.2) is 17.5 Å². The summed E-state index contributed by atoms with van der Waals surface area (Å²) in [4.78, 5) is 39.2. The largest absolute Gasteiger partial charge is 0.467 e. The molecule has 0 spiro atoms. The zero-order valence-corrected chi connectivity index (χ0v) is 15.8. The van der Waals surface area contributed by atoms with Crippen LogP contribution in [0.4, 0.5) is 0 Å². The van der Waals surface area contributed by atoms with Gasteiger partial charge in [-0.1, -0.05) is 19.9 Å². The lowest BCUT2D eigenvalue weighted by atomic mass is 9.94. The molecular formula is C18H26N2O4S. The molecule has 1 aromatic heterocycles. The van der Waals surface area contributed by atoms with E-state index in [0.29, 0.717) is 32.4 Å². The third-order valence-corrected chi connectivity index (χ3v) is 5.25. The van der Waals surface area contributed by atoms with Crippen LogP contribution in [-0.2, 0) is 14.3 Å². The van der Waals surface area contributed by atoms with Crippen molar-refractivity contribution in [3.8, 4) is 0 Å². The van der Waals surface area contributed by atoms with Crippen molar-refractivity contribution in [3.05, 3.63) is 22.4 Å². The van der Waals surface area contributed by atoms with Crippen LogP contribution in [0.25, 0.3) is 0 Å². The molecule has 0 aromatic carbocycles. The molecule has 0 radical (unpaired) electrons. The predicted octanol–water partition coefficient (Wildman–Crippen LogP) is 2.30. The van der Waals surface area contributed by atoms with Gasteiger partial charge in [0.05, 0.1) is 12.0 Å². The van der Waals surface area contributed by atoms with Crippen molar-refractivity contribution in [1.82, 2.24) is 10.2 Å². The van der Waals surface area contributed by atoms with Gasteiger partial charge in [0.25, 0.3) is 5.91 Å². The molecule has 0 saturated carbocycles. The van der Waals surface area contributed by atoms with E-state index in [0.717, 1.165) is 4.88 Å². The number of hydrogen-bond acceptors (Lipinski definition) is 5. The lowest BCUT2D eigenvalue weighted by Crippen LogP contribution is -2.48. The van der Waals surface area contributed by atoms with Crippen molar-refractivity contribution in [3.63, 3.8) is 0 Å². The molecule has 6 nitrogen and oxygen atoms in total. The number of nitrogens with zero attached hydrogens (tertiary/aromatic N) is 1. The summed E-state index contributed by atoms with van der Waals surface area (Å²) in [6.45, 7) is 5.11. The van der Waals surface area contributed by atoms with E-state index in [9.17, 15) is 14.4 Å². The Hall–Kier alpha value is -1.89. The fraction of sp³-hybridized carbons (Fsp3) is 0.611. The number of piperidine rings is 1. The molecule has 1 fully saturated rings. The van der Waals surface area contributed by atoms with Gasteiger partial charge in [-0.2, -0.15) is 0 Å². The van der Waals surface area contributed by atoms with Gasteiger partial charge in [-0.15, -0.1) is 11.3 Å². The molecular weight excluding hydrogens is 340 g/mol. The Kier molecular flexibility index (Phi) is 6.99. The lowest BCUT2D eigenvalue weighted by Gasteiger charge is -2.32. The van der Waals surface area contributed by atoms with Gasteiger partial charge in [-0.3, -0.25) is 9.59 Å². The molecule has 1 aliphatic heterocycles. The SMILES string of the molecule is COC(=O)[C@H](CC(C)C)NC(=O)C1CCN(C(=O)c2cccs2)CC1. The molecule has 1 aromatic rings. The third kappa shape index (κ3) is 5.29. The van der Waals surface area contributed by atoms with Crippen LogP contribution in [0.5, 0.6) is 0 Å². The van der Waals surface area contributed by atoms with E-state index in [1.165, 1.54) is 18.4 Å². The van der Waals surface area contributed by atoms with Gasteiger partial charge in [-0.25, -0.2) is 4.79 Å². The van der Waals surface area contributed by atoms with E-state index in [1.54, 1.807) is 4.90 Å². The molecule has 0 unspecified atom stereocenters. The van der Waals surface area contributed by atoms with Crippen molar-refractivity contribution < 1.29 is 19.1 Å². The van der Waals surface area contributed by atoms with Gasteiger partial charge in [0.1, 0.15) is 6.04 Å². The van der Waals surface area contributed by atoms with Crippen molar-refractivity contribution in [2.75, 3.05) is 20.2 Å². The molecule has 2 heterocycles. The van der Waals surface area contributed by atoms with E-state index in [4.69, 9.17) is 4.74 Å². The Labute approximate surface area is 152 Å². The van der Waals surface area contributed by atoms with Crippen LogP contribution < -0.4 is 5.32 Å². The average molecular weight is 366 g/mol. The standard InChI is InChI=1S/C18H26N2O4S/c1-12(2)11-14(18(23)24-3)19-16(21)13-6-8-20(9-7-13)17(22)15-5-4-10-25-15/h4-5,10,12-14H,6-9,11H2,1-3H3,(H,19,21)/t14-/m0/s1. The molecule has 1 N–H and O–H groups in total. The number of ether oxygens (including phenoxy) is 1. The van der Waals surface area contributed by atoms with E-state index in [1.807, 2.05) is 31.4 Å². The second-order valence-corrected chi connectivity index (χ2v) is 7.71. The number of carbonyl (C=O) groups is 3. The summed E-state index contributed by atoms with van der Waals surface area (Å²) in [6, 6.07) is 3.07. The highest BCUT2D eigenvalue weighted by molar-refractivity contribution is 7.12. The van der Waals surface area contributed by atoms with Crippen molar-refractivity contribution in [1.29, 1.82) is 0 Å². The van der Waals surface area contributed by atoms with E-state index in [-0.39, 0.29) is 23.7 Å². The van der Waals surface area contributed by atoms with Crippen LogP contribution in [-0.4, -0.2) is 48.9 Å². The number of carbonyl (C=O) groups excluding carboxylic acids is 3. The molecule has 1 aliphatic rings. The molecule has 1 atom stereocenters. The van der Waals surface area contributed by atoms with Gasteiger partial charge < -0.3 is 15.0 Å². The predicted molar refractivity (Wildman–Crippen MR) is 96.3 cm³/mol.